The first-order valence-electron chi connectivity index (χ1n) is 8.92. The molecule has 0 saturated heterocycles. The van der Waals surface area contributed by atoms with Crippen LogP contribution in [0.4, 0.5) is 4.39 Å². The Kier molecular flexibility index (Phi) is 3.83. The summed E-state index contributed by atoms with van der Waals surface area (Å²) in [5.74, 6) is -0.258. The van der Waals surface area contributed by atoms with Crippen LogP contribution in [0.25, 0.3) is 10.9 Å². The number of benzene rings is 2. The van der Waals surface area contributed by atoms with Crippen LogP contribution in [0.3, 0.4) is 0 Å². The lowest BCUT2D eigenvalue weighted by Crippen LogP contribution is -2.40. The largest absolute Gasteiger partial charge is 0.356 e. The molecule has 1 N–H and O–H groups in total. The zero-order valence-corrected chi connectivity index (χ0v) is 15.3. The lowest BCUT2D eigenvalue weighted by molar-refractivity contribution is 0.0697. The van der Waals surface area contributed by atoms with E-state index in [9.17, 15) is 9.18 Å². The van der Waals surface area contributed by atoms with E-state index in [4.69, 9.17) is 0 Å². The number of hydrogen-bond donors (Lipinski definition) is 1. The molecule has 0 radical (unpaired) electrons. The van der Waals surface area contributed by atoms with Gasteiger partial charge in [-0.25, -0.2) is 4.39 Å². The first-order chi connectivity index (χ1) is 13.2. The third-order valence-corrected chi connectivity index (χ3v) is 6.07. The molecule has 0 unspecified atom stereocenters. The van der Waals surface area contributed by atoms with Gasteiger partial charge in [-0.1, -0.05) is 36.4 Å². The van der Waals surface area contributed by atoms with Gasteiger partial charge in [-0.05, 0) is 47.2 Å². The molecule has 3 nitrogen and oxygen atoms in total. The van der Waals surface area contributed by atoms with Gasteiger partial charge in [0.25, 0.3) is 5.91 Å². The minimum Gasteiger partial charge on any atom is -0.356 e. The average molecular weight is 376 g/mol. The molecule has 2 aromatic carbocycles. The molecule has 1 aliphatic rings. The SMILES string of the molecule is O=C(c1cccs1)N1CCc2c([nH]c3ccccc23)[C@H]1c1ccc(F)cc1. The van der Waals surface area contributed by atoms with E-state index in [1.165, 1.54) is 34.4 Å². The van der Waals surface area contributed by atoms with Crippen molar-refractivity contribution in [2.75, 3.05) is 6.54 Å². The van der Waals surface area contributed by atoms with Crippen molar-refractivity contribution in [3.05, 3.63) is 93.6 Å². The highest BCUT2D eigenvalue weighted by Crippen LogP contribution is 2.39. The van der Waals surface area contributed by atoms with E-state index in [-0.39, 0.29) is 17.8 Å². The van der Waals surface area contributed by atoms with Crippen LogP contribution >= 0.6 is 11.3 Å². The van der Waals surface area contributed by atoms with Gasteiger partial charge < -0.3 is 9.88 Å². The van der Waals surface area contributed by atoms with Gasteiger partial charge >= 0.3 is 0 Å². The molecule has 27 heavy (non-hydrogen) atoms. The highest BCUT2D eigenvalue weighted by molar-refractivity contribution is 7.12. The van der Waals surface area contributed by atoms with Crippen LogP contribution in [0.2, 0.25) is 0 Å². The lowest BCUT2D eigenvalue weighted by Gasteiger charge is -2.36. The van der Waals surface area contributed by atoms with Crippen molar-refractivity contribution in [2.24, 2.45) is 0 Å². The van der Waals surface area contributed by atoms with Crippen molar-refractivity contribution in [1.82, 2.24) is 9.88 Å². The summed E-state index contributed by atoms with van der Waals surface area (Å²) in [5, 5.41) is 3.11. The first kappa shape index (κ1) is 16.3. The number of para-hydroxylation sites is 1. The third-order valence-electron chi connectivity index (χ3n) is 5.21. The molecule has 2 aromatic heterocycles. The number of amides is 1. The molecule has 3 heterocycles. The molecule has 1 atom stereocenters. The summed E-state index contributed by atoms with van der Waals surface area (Å²) in [6, 6.07) is 18.2. The molecule has 0 fully saturated rings. The third kappa shape index (κ3) is 2.66. The van der Waals surface area contributed by atoms with Crippen molar-refractivity contribution in [1.29, 1.82) is 0 Å². The van der Waals surface area contributed by atoms with Crippen molar-refractivity contribution in [2.45, 2.75) is 12.5 Å². The maximum absolute atomic E-state index is 13.5. The Morgan fingerprint density at radius 1 is 1.07 bits per heavy atom. The van der Waals surface area contributed by atoms with Gasteiger partial charge in [-0.2, -0.15) is 0 Å². The summed E-state index contributed by atoms with van der Waals surface area (Å²) in [6.45, 7) is 0.633. The van der Waals surface area contributed by atoms with E-state index >= 15 is 0 Å². The van der Waals surface area contributed by atoms with E-state index in [1.807, 2.05) is 34.5 Å². The van der Waals surface area contributed by atoms with Crippen LogP contribution in [0.5, 0.6) is 0 Å². The summed E-state index contributed by atoms with van der Waals surface area (Å²) < 4.78 is 13.5. The summed E-state index contributed by atoms with van der Waals surface area (Å²) in [5.41, 5.74) is 4.25. The fraction of sp³-hybridized carbons (Fsp3) is 0.136. The zero-order chi connectivity index (χ0) is 18.4. The van der Waals surface area contributed by atoms with Gasteiger partial charge in [0.05, 0.1) is 10.9 Å². The number of hydrogen-bond acceptors (Lipinski definition) is 2. The number of H-pyrrole nitrogens is 1. The maximum atomic E-state index is 13.5. The van der Waals surface area contributed by atoms with E-state index in [1.54, 1.807) is 12.1 Å². The van der Waals surface area contributed by atoms with Crippen molar-refractivity contribution in [3.63, 3.8) is 0 Å². The van der Waals surface area contributed by atoms with Gasteiger partial charge in [-0.3, -0.25) is 4.79 Å². The Morgan fingerprint density at radius 3 is 2.67 bits per heavy atom. The summed E-state index contributed by atoms with van der Waals surface area (Å²) >= 11 is 1.45. The normalized spacial score (nSPS) is 16.5. The topological polar surface area (TPSA) is 36.1 Å². The van der Waals surface area contributed by atoms with E-state index in [0.717, 1.165) is 28.1 Å². The minimum absolute atomic E-state index is 0.0173. The van der Waals surface area contributed by atoms with Gasteiger partial charge in [0.2, 0.25) is 0 Å². The van der Waals surface area contributed by atoms with Crippen molar-refractivity contribution < 1.29 is 9.18 Å². The fourth-order valence-corrected chi connectivity index (χ4v) is 4.67. The molecule has 1 aliphatic heterocycles. The van der Waals surface area contributed by atoms with E-state index in [2.05, 4.69) is 17.1 Å². The van der Waals surface area contributed by atoms with Crippen LogP contribution in [0, 0.1) is 5.82 Å². The Morgan fingerprint density at radius 2 is 1.89 bits per heavy atom. The maximum Gasteiger partial charge on any atom is 0.264 e. The monoisotopic (exact) mass is 376 g/mol. The predicted molar refractivity (Wildman–Crippen MR) is 106 cm³/mol. The Bertz CT molecular complexity index is 1120. The molecule has 4 aromatic rings. The Hall–Kier alpha value is -2.92. The van der Waals surface area contributed by atoms with Crippen LogP contribution in [0.15, 0.2) is 66.0 Å². The van der Waals surface area contributed by atoms with Crippen LogP contribution in [0.1, 0.15) is 32.5 Å². The van der Waals surface area contributed by atoms with Gasteiger partial charge in [0.15, 0.2) is 0 Å². The summed E-state index contributed by atoms with van der Waals surface area (Å²) in [6.07, 6.45) is 0.800. The van der Waals surface area contributed by atoms with Crippen LogP contribution < -0.4 is 0 Å². The number of aromatic amines is 1. The minimum atomic E-state index is -0.275. The number of rotatable bonds is 2. The second-order valence-electron chi connectivity index (χ2n) is 6.74. The van der Waals surface area contributed by atoms with Crippen molar-refractivity contribution >= 4 is 28.1 Å². The molecule has 0 saturated carbocycles. The number of thiophene rings is 1. The molecule has 0 spiro atoms. The molecule has 134 valence electrons. The first-order valence-corrected chi connectivity index (χ1v) is 9.80. The molecular formula is C22H17FN2OS. The molecule has 5 rings (SSSR count). The Labute approximate surface area is 160 Å². The molecular weight excluding hydrogens is 359 g/mol. The smallest absolute Gasteiger partial charge is 0.264 e. The molecule has 0 bridgehead atoms. The van der Waals surface area contributed by atoms with Crippen LogP contribution in [-0.4, -0.2) is 22.3 Å². The fourth-order valence-electron chi connectivity index (χ4n) is 3.99. The molecule has 5 heteroatoms. The second-order valence-corrected chi connectivity index (χ2v) is 7.69. The Balaban J connectivity index is 1.68. The highest BCUT2D eigenvalue weighted by atomic mass is 32.1. The number of nitrogens with one attached hydrogen (secondary N) is 1. The zero-order valence-electron chi connectivity index (χ0n) is 14.5. The second kappa shape index (κ2) is 6.35. The average Bonchev–Trinajstić information content (AvgIpc) is 3.35. The van der Waals surface area contributed by atoms with E-state index < -0.39 is 0 Å². The number of carbonyl (C=O) groups is 1. The van der Waals surface area contributed by atoms with E-state index in [0.29, 0.717) is 6.54 Å². The lowest BCUT2D eigenvalue weighted by atomic mass is 9.92. The number of aromatic nitrogens is 1. The molecule has 0 aliphatic carbocycles. The van der Waals surface area contributed by atoms with Crippen LogP contribution in [-0.2, 0) is 6.42 Å². The standard InChI is InChI=1S/C22H17FN2OS/c23-15-9-7-14(8-10-15)21-20-17(16-4-1-2-5-18(16)24-20)11-12-25(21)22(26)19-6-3-13-27-19/h1-10,13,21,24H,11-12H2/t21-/m1/s1. The van der Waals surface area contributed by atoms with Gasteiger partial charge in [0.1, 0.15) is 5.82 Å². The van der Waals surface area contributed by atoms with Crippen molar-refractivity contribution in [3.8, 4) is 0 Å². The van der Waals surface area contributed by atoms with Gasteiger partial charge in [0, 0.05) is 23.1 Å². The number of carbonyl (C=O) groups excluding carboxylic acids is 1. The quantitative estimate of drug-likeness (QED) is 0.516. The number of halogens is 1. The molecule has 1 amide bonds. The predicted octanol–water partition coefficient (Wildman–Crippen LogP) is 5.16. The van der Waals surface area contributed by atoms with Gasteiger partial charge in [-0.15, -0.1) is 11.3 Å². The summed E-state index contributed by atoms with van der Waals surface area (Å²) in [4.78, 5) is 19.3. The summed E-state index contributed by atoms with van der Waals surface area (Å²) in [7, 11) is 0. The number of nitrogens with zero attached hydrogens (tertiary/aromatic N) is 1. The number of fused-ring (bicyclic) bond motifs is 3. The highest BCUT2D eigenvalue weighted by Gasteiger charge is 2.35.